The van der Waals surface area contributed by atoms with Gasteiger partial charge in [0.2, 0.25) is 5.91 Å². The Morgan fingerprint density at radius 1 is 1.32 bits per heavy atom. The standard InChI is InChI=1S/C11H11N3O3S2/c15-8(1-2-9-12-3-4-18-9)13-5-10-14-7(6-19-10)11(16)17/h3-4,6H,1-2,5H2,(H,13,15)(H,16,17). The van der Waals surface area contributed by atoms with Crippen LogP contribution in [0.1, 0.15) is 26.9 Å². The van der Waals surface area contributed by atoms with Crippen molar-refractivity contribution in [3.8, 4) is 0 Å². The molecule has 0 spiro atoms. The minimum Gasteiger partial charge on any atom is -0.476 e. The lowest BCUT2D eigenvalue weighted by atomic mass is 10.3. The van der Waals surface area contributed by atoms with Crippen LogP contribution in [0.15, 0.2) is 17.0 Å². The maximum Gasteiger partial charge on any atom is 0.355 e. The number of amides is 1. The van der Waals surface area contributed by atoms with Crippen LogP contribution in [0, 0.1) is 0 Å². The molecule has 0 aliphatic rings. The van der Waals surface area contributed by atoms with Gasteiger partial charge in [0, 0.05) is 29.8 Å². The first-order valence-electron chi connectivity index (χ1n) is 5.48. The molecule has 0 atom stereocenters. The van der Waals surface area contributed by atoms with Gasteiger partial charge in [-0.05, 0) is 0 Å². The van der Waals surface area contributed by atoms with Crippen LogP contribution in [0.3, 0.4) is 0 Å². The van der Waals surface area contributed by atoms with E-state index in [0.717, 1.165) is 5.01 Å². The van der Waals surface area contributed by atoms with Crippen molar-refractivity contribution in [1.29, 1.82) is 0 Å². The SMILES string of the molecule is O=C(CCc1nccs1)NCc1nc(C(=O)O)cs1. The number of carboxylic acids is 1. The zero-order valence-electron chi connectivity index (χ0n) is 9.83. The molecular weight excluding hydrogens is 286 g/mol. The van der Waals surface area contributed by atoms with Crippen LogP contribution in [-0.2, 0) is 17.8 Å². The second-order valence-corrected chi connectivity index (χ2v) is 5.56. The summed E-state index contributed by atoms with van der Waals surface area (Å²) in [4.78, 5) is 30.2. The summed E-state index contributed by atoms with van der Waals surface area (Å²) in [7, 11) is 0. The van der Waals surface area contributed by atoms with Crippen molar-refractivity contribution >= 4 is 34.6 Å². The molecule has 2 aromatic rings. The van der Waals surface area contributed by atoms with E-state index in [4.69, 9.17) is 5.11 Å². The van der Waals surface area contributed by atoms with Gasteiger partial charge in [-0.3, -0.25) is 4.79 Å². The van der Waals surface area contributed by atoms with E-state index in [1.807, 2.05) is 5.38 Å². The summed E-state index contributed by atoms with van der Waals surface area (Å²) in [5.74, 6) is -1.15. The number of aromatic carboxylic acids is 1. The molecule has 0 unspecified atom stereocenters. The van der Waals surface area contributed by atoms with Crippen molar-refractivity contribution in [2.24, 2.45) is 0 Å². The van der Waals surface area contributed by atoms with E-state index in [-0.39, 0.29) is 18.1 Å². The van der Waals surface area contributed by atoms with Gasteiger partial charge >= 0.3 is 5.97 Å². The molecule has 8 heteroatoms. The fourth-order valence-corrected chi connectivity index (χ4v) is 2.68. The highest BCUT2D eigenvalue weighted by atomic mass is 32.1. The number of aryl methyl sites for hydroxylation is 1. The summed E-state index contributed by atoms with van der Waals surface area (Å²) in [6, 6.07) is 0. The first-order chi connectivity index (χ1) is 9.15. The van der Waals surface area contributed by atoms with Crippen LogP contribution in [0.5, 0.6) is 0 Å². The zero-order valence-corrected chi connectivity index (χ0v) is 11.5. The van der Waals surface area contributed by atoms with Crippen LogP contribution >= 0.6 is 22.7 Å². The fourth-order valence-electron chi connectivity index (χ4n) is 1.35. The van der Waals surface area contributed by atoms with Gasteiger partial charge in [-0.25, -0.2) is 14.8 Å². The van der Waals surface area contributed by atoms with Gasteiger partial charge in [-0.1, -0.05) is 0 Å². The Kier molecular flexibility index (Phi) is 4.58. The zero-order chi connectivity index (χ0) is 13.7. The van der Waals surface area contributed by atoms with Crippen LogP contribution in [0.25, 0.3) is 0 Å². The van der Waals surface area contributed by atoms with Crippen molar-refractivity contribution in [2.75, 3.05) is 0 Å². The second kappa shape index (κ2) is 6.39. The predicted molar refractivity (Wildman–Crippen MR) is 71.4 cm³/mol. The molecule has 0 aliphatic carbocycles. The molecule has 0 saturated carbocycles. The second-order valence-electron chi connectivity index (χ2n) is 3.63. The number of hydrogen-bond acceptors (Lipinski definition) is 6. The topological polar surface area (TPSA) is 92.2 Å². The van der Waals surface area contributed by atoms with Gasteiger partial charge in [0.15, 0.2) is 5.69 Å². The lowest BCUT2D eigenvalue weighted by molar-refractivity contribution is -0.121. The number of thiazole rings is 2. The Morgan fingerprint density at radius 3 is 2.79 bits per heavy atom. The molecule has 0 saturated heterocycles. The molecule has 100 valence electrons. The highest BCUT2D eigenvalue weighted by Gasteiger charge is 2.09. The molecule has 2 N–H and O–H groups in total. The number of nitrogens with one attached hydrogen (secondary N) is 1. The molecule has 0 radical (unpaired) electrons. The van der Waals surface area contributed by atoms with E-state index >= 15 is 0 Å². The lowest BCUT2D eigenvalue weighted by Gasteiger charge is -2.01. The smallest absolute Gasteiger partial charge is 0.355 e. The molecule has 0 bridgehead atoms. The Hall–Kier alpha value is -1.80. The monoisotopic (exact) mass is 297 g/mol. The number of carbonyl (C=O) groups excluding carboxylic acids is 1. The molecule has 19 heavy (non-hydrogen) atoms. The molecule has 2 aromatic heterocycles. The van der Waals surface area contributed by atoms with Gasteiger partial charge in [0.25, 0.3) is 0 Å². The number of rotatable bonds is 6. The van der Waals surface area contributed by atoms with Crippen molar-refractivity contribution in [3.63, 3.8) is 0 Å². The molecular formula is C11H11N3O3S2. The summed E-state index contributed by atoms with van der Waals surface area (Å²) < 4.78 is 0. The van der Waals surface area contributed by atoms with Crippen molar-refractivity contribution < 1.29 is 14.7 Å². The number of hydrogen-bond donors (Lipinski definition) is 2. The van der Waals surface area contributed by atoms with Gasteiger partial charge in [-0.15, -0.1) is 22.7 Å². The number of carboxylic acid groups (broad SMARTS) is 1. The molecule has 0 aromatic carbocycles. The van der Waals surface area contributed by atoms with E-state index in [2.05, 4.69) is 15.3 Å². The molecule has 2 rings (SSSR count). The van der Waals surface area contributed by atoms with Crippen LogP contribution in [-0.4, -0.2) is 27.0 Å². The number of carbonyl (C=O) groups is 2. The van der Waals surface area contributed by atoms with Gasteiger partial charge in [0.05, 0.1) is 11.6 Å². The third kappa shape index (κ3) is 4.11. The Labute approximate surface area is 117 Å². The van der Waals surface area contributed by atoms with Crippen molar-refractivity contribution in [3.05, 3.63) is 32.7 Å². The lowest BCUT2D eigenvalue weighted by Crippen LogP contribution is -2.23. The summed E-state index contributed by atoms with van der Waals surface area (Å²) in [6.07, 6.45) is 2.69. The van der Waals surface area contributed by atoms with E-state index < -0.39 is 5.97 Å². The average molecular weight is 297 g/mol. The number of nitrogens with zero attached hydrogens (tertiary/aromatic N) is 2. The first kappa shape index (κ1) is 13.6. The highest BCUT2D eigenvalue weighted by Crippen LogP contribution is 2.10. The summed E-state index contributed by atoms with van der Waals surface area (Å²) in [5.41, 5.74) is 0.0111. The molecule has 2 heterocycles. The third-order valence-electron chi connectivity index (χ3n) is 2.26. The minimum atomic E-state index is -1.06. The maximum absolute atomic E-state index is 11.6. The molecule has 6 nitrogen and oxygen atoms in total. The highest BCUT2D eigenvalue weighted by molar-refractivity contribution is 7.10. The quantitative estimate of drug-likeness (QED) is 0.844. The van der Waals surface area contributed by atoms with Crippen molar-refractivity contribution in [1.82, 2.24) is 15.3 Å². The Bertz CT molecular complexity index is 566. The Morgan fingerprint density at radius 2 is 2.16 bits per heavy atom. The van der Waals surface area contributed by atoms with Gasteiger partial charge in [-0.2, -0.15) is 0 Å². The van der Waals surface area contributed by atoms with Crippen LogP contribution in [0.2, 0.25) is 0 Å². The largest absolute Gasteiger partial charge is 0.476 e. The number of aromatic nitrogens is 2. The molecule has 0 fully saturated rings. The van der Waals surface area contributed by atoms with E-state index in [9.17, 15) is 9.59 Å². The van der Waals surface area contributed by atoms with Crippen molar-refractivity contribution in [2.45, 2.75) is 19.4 Å². The summed E-state index contributed by atoms with van der Waals surface area (Å²) in [5, 5.41) is 16.3. The molecule has 0 aliphatic heterocycles. The maximum atomic E-state index is 11.6. The minimum absolute atomic E-state index is 0.0111. The summed E-state index contributed by atoms with van der Waals surface area (Å²) >= 11 is 2.74. The fraction of sp³-hybridized carbons (Fsp3) is 0.273. The molecule has 1 amide bonds. The van der Waals surface area contributed by atoms with Crippen LogP contribution < -0.4 is 5.32 Å². The van der Waals surface area contributed by atoms with Gasteiger partial charge < -0.3 is 10.4 Å². The summed E-state index contributed by atoms with van der Waals surface area (Å²) in [6.45, 7) is 0.259. The van der Waals surface area contributed by atoms with Gasteiger partial charge in [0.1, 0.15) is 5.01 Å². The predicted octanol–water partition coefficient (Wildman–Crippen LogP) is 1.55. The van der Waals surface area contributed by atoms with E-state index in [1.54, 1.807) is 6.20 Å². The van der Waals surface area contributed by atoms with Crippen LogP contribution in [0.4, 0.5) is 0 Å². The third-order valence-corrected chi connectivity index (χ3v) is 3.95. The first-order valence-corrected chi connectivity index (χ1v) is 7.24. The van der Waals surface area contributed by atoms with E-state index in [1.165, 1.54) is 28.1 Å². The average Bonchev–Trinajstić information content (AvgIpc) is 3.05. The normalized spacial score (nSPS) is 10.3. The van der Waals surface area contributed by atoms with E-state index in [0.29, 0.717) is 17.8 Å². The Balaban J connectivity index is 1.75.